The topological polar surface area (TPSA) is 37.3 Å². The van der Waals surface area contributed by atoms with Crippen molar-refractivity contribution in [3.8, 4) is 0 Å². The molecular weight excluding hydrogens is 212 g/mol. The van der Waals surface area contributed by atoms with E-state index < -0.39 is 5.97 Å². The molecule has 1 atom stereocenters. The Balaban J connectivity index is 0.00000112. The van der Waals surface area contributed by atoms with Crippen LogP contribution in [0.15, 0.2) is 24.3 Å². The molecule has 15 heavy (non-hydrogen) atoms. The van der Waals surface area contributed by atoms with Crippen LogP contribution < -0.4 is 0 Å². The van der Waals surface area contributed by atoms with Gasteiger partial charge in [-0.25, -0.2) is 0 Å². The number of aryl methyl sites for hydroxylation is 1. The van der Waals surface area contributed by atoms with Crippen molar-refractivity contribution in [2.24, 2.45) is 5.92 Å². The standard InChI is InChI=1S/C12H14O2.ClH/c13-12(14)8-9-5-6-10-3-1-2-4-11(10)7-9;/h1-4,9H,5-8H2,(H,13,14);1H. The average molecular weight is 227 g/mol. The first-order valence-electron chi connectivity index (χ1n) is 5.04. The van der Waals surface area contributed by atoms with Crippen molar-refractivity contribution < 1.29 is 9.90 Å². The van der Waals surface area contributed by atoms with Crippen molar-refractivity contribution in [3.05, 3.63) is 35.4 Å². The van der Waals surface area contributed by atoms with Crippen LogP contribution in [-0.4, -0.2) is 11.1 Å². The van der Waals surface area contributed by atoms with Gasteiger partial charge in [-0.2, -0.15) is 0 Å². The highest BCUT2D eigenvalue weighted by molar-refractivity contribution is 5.85. The highest BCUT2D eigenvalue weighted by atomic mass is 35.5. The molecule has 0 aromatic heterocycles. The Kier molecular flexibility index (Phi) is 4.15. The molecule has 1 unspecified atom stereocenters. The lowest BCUT2D eigenvalue weighted by atomic mass is 9.82. The van der Waals surface area contributed by atoms with Gasteiger partial charge in [0.1, 0.15) is 0 Å². The van der Waals surface area contributed by atoms with Crippen LogP contribution in [0, 0.1) is 5.92 Å². The number of carboxylic acid groups (broad SMARTS) is 1. The monoisotopic (exact) mass is 226 g/mol. The van der Waals surface area contributed by atoms with Gasteiger partial charge >= 0.3 is 5.97 Å². The summed E-state index contributed by atoms with van der Waals surface area (Å²) < 4.78 is 0. The normalized spacial score (nSPS) is 18.8. The molecule has 2 rings (SSSR count). The van der Waals surface area contributed by atoms with Gasteiger partial charge in [0.25, 0.3) is 0 Å². The number of rotatable bonds is 2. The molecule has 1 N–H and O–H groups in total. The van der Waals surface area contributed by atoms with Gasteiger partial charge in [0, 0.05) is 6.42 Å². The predicted octanol–water partition coefficient (Wildman–Crippen LogP) is 2.69. The largest absolute Gasteiger partial charge is 0.481 e. The van der Waals surface area contributed by atoms with Crippen molar-refractivity contribution in [1.29, 1.82) is 0 Å². The van der Waals surface area contributed by atoms with E-state index in [9.17, 15) is 4.79 Å². The lowest BCUT2D eigenvalue weighted by molar-refractivity contribution is -0.138. The van der Waals surface area contributed by atoms with Gasteiger partial charge in [-0.1, -0.05) is 24.3 Å². The van der Waals surface area contributed by atoms with Crippen LogP contribution in [0.25, 0.3) is 0 Å². The molecule has 3 heteroatoms. The zero-order valence-electron chi connectivity index (χ0n) is 8.48. The molecule has 1 aromatic carbocycles. The van der Waals surface area contributed by atoms with Gasteiger partial charge in [-0.05, 0) is 36.3 Å². The Morgan fingerprint density at radius 2 is 2.00 bits per heavy atom. The highest BCUT2D eigenvalue weighted by Crippen LogP contribution is 2.27. The average Bonchev–Trinajstić information content (AvgIpc) is 2.17. The first-order valence-corrected chi connectivity index (χ1v) is 5.04. The lowest BCUT2D eigenvalue weighted by Crippen LogP contribution is -2.17. The van der Waals surface area contributed by atoms with Crippen molar-refractivity contribution in [2.45, 2.75) is 25.7 Å². The third-order valence-corrected chi connectivity index (χ3v) is 2.91. The molecule has 1 aromatic rings. The fourth-order valence-electron chi connectivity index (χ4n) is 2.19. The Morgan fingerprint density at radius 1 is 1.33 bits per heavy atom. The van der Waals surface area contributed by atoms with E-state index in [0.717, 1.165) is 19.3 Å². The number of halogens is 1. The van der Waals surface area contributed by atoms with E-state index in [0.29, 0.717) is 12.3 Å². The zero-order valence-corrected chi connectivity index (χ0v) is 9.30. The number of carboxylic acids is 1. The maximum absolute atomic E-state index is 10.6. The van der Waals surface area contributed by atoms with E-state index in [1.54, 1.807) is 0 Å². The molecule has 0 fully saturated rings. The first kappa shape index (κ1) is 12.1. The van der Waals surface area contributed by atoms with Gasteiger partial charge < -0.3 is 5.11 Å². The van der Waals surface area contributed by atoms with Gasteiger partial charge in [0.05, 0.1) is 0 Å². The number of aliphatic carboxylic acids is 1. The Hall–Kier alpha value is -1.02. The summed E-state index contributed by atoms with van der Waals surface area (Å²) in [6.45, 7) is 0. The Morgan fingerprint density at radius 3 is 2.67 bits per heavy atom. The van der Waals surface area contributed by atoms with E-state index >= 15 is 0 Å². The molecule has 1 aliphatic rings. The molecule has 0 saturated heterocycles. The third-order valence-electron chi connectivity index (χ3n) is 2.91. The second-order valence-corrected chi connectivity index (χ2v) is 3.98. The molecule has 0 spiro atoms. The summed E-state index contributed by atoms with van der Waals surface area (Å²) in [6.07, 6.45) is 3.30. The van der Waals surface area contributed by atoms with Crippen molar-refractivity contribution in [1.82, 2.24) is 0 Å². The molecule has 0 aliphatic heterocycles. The fourth-order valence-corrected chi connectivity index (χ4v) is 2.19. The molecule has 0 radical (unpaired) electrons. The summed E-state index contributed by atoms with van der Waals surface area (Å²) in [5.41, 5.74) is 2.74. The van der Waals surface area contributed by atoms with E-state index in [2.05, 4.69) is 18.2 Å². The summed E-state index contributed by atoms with van der Waals surface area (Å²) in [7, 11) is 0. The predicted molar refractivity (Wildman–Crippen MR) is 61.5 cm³/mol. The molecular formula is C12H15ClO2. The van der Waals surface area contributed by atoms with E-state index in [4.69, 9.17) is 5.11 Å². The van der Waals surface area contributed by atoms with Gasteiger partial charge in [-0.15, -0.1) is 12.4 Å². The van der Waals surface area contributed by atoms with E-state index in [1.165, 1.54) is 11.1 Å². The van der Waals surface area contributed by atoms with E-state index in [-0.39, 0.29) is 12.4 Å². The zero-order chi connectivity index (χ0) is 9.97. The fraction of sp³-hybridized carbons (Fsp3) is 0.417. The quantitative estimate of drug-likeness (QED) is 0.842. The number of benzene rings is 1. The molecule has 82 valence electrons. The van der Waals surface area contributed by atoms with Crippen LogP contribution >= 0.6 is 12.4 Å². The molecule has 0 saturated carbocycles. The van der Waals surface area contributed by atoms with E-state index in [1.807, 2.05) is 6.07 Å². The van der Waals surface area contributed by atoms with Gasteiger partial charge in [-0.3, -0.25) is 4.79 Å². The number of fused-ring (bicyclic) bond motifs is 1. The number of hydrogen-bond donors (Lipinski definition) is 1. The van der Waals surface area contributed by atoms with Crippen LogP contribution in [0.5, 0.6) is 0 Å². The minimum atomic E-state index is -0.672. The SMILES string of the molecule is Cl.O=C(O)CC1CCc2ccccc2C1. The summed E-state index contributed by atoms with van der Waals surface area (Å²) >= 11 is 0. The molecule has 2 nitrogen and oxygen atoms in total. The van der Waals surface area contributed by atoms with Crippen molar-refractivity contribution >= 4 is 18.4 Å². The number of carbonyl (C=O) groups is 1. The van der Waals surface area contributed by atoms with Crippen LogP contribution in [0.4, 0.5) is 0 Å². The summed E-state index contributed by atoms with van der Waals surface area (Å²) in [4.78, 5) is 10.6. The molecule has 0 amide bonds. The molecule has 0 bridgehead atoms. The highest BCUT2D eigenvalue weighted by Gasteiger charge is 2.19. The van der Waals surface area contributed by atoms with Crippen LogP contribution in [-0.2, 0) is 17.6 Å². The van der Waals surface area contributed by atoms with Crippen LogP contribution in [0.1, 0.15) is 24.0 Å². The Labute approximate surface area is 95.7 Å². The smallest absolute Gasteiger partial charge is 0.303 e. The second kappa shape index (κ2) is 5.17. The van der Waals surface area contributed by atoms with Crippen LogP contribution in [0.2, 0.25) is 0 Å². The maximum Gasteiger partial charge on any atom is 0.303 e. The Bertz CT molecular complexity index is 349. The summed E-state index contributed by atoms with van der Waals surface area (Å²) in [6, 6.07) is 8.34. The minimum Gasteiger partial charge on any atom is -0.481 e. The lowest BCUT2D eigenvalue weighted by Gasteiger charge is -2.22. The number of hydrogen-bond acceptors (Lipinski definition) is 1. The second-order valence-electron chi connectivity index (χ2n) is 3.98. The van der Waals surface area contributed by atoms with Gasteiger partial charge in [0.2, 0.25) is 0 Å². The maximum atomic E-state index is 10.6. The van der Waals surface area contributed by atoms with Crippen molar-refractivity contribution in [2.75, 3.05) is 0 Å². The molecule has 1 aliphatic carbocycles. The summed E-state index contributed by atoms with van der Waals surface area (Å²) in [5, 5.41) is 8.71. The van der Waals surface area contributed by atoms with Gasteiger partial charge in [0.15, 0.2) is 0 Å². The summed E-state index contributed by atoms with van der Waals surface area (Å²) in [5.74, 6) is -0.336. The third kappa shape index (κ3) is 2.96. The van der Waals surface area contributed by atoms with Crippen molar-refractivity contribution in [3.63, 3.8) is 0 Å². The first-order chi connectivity index (χ1) is 6.75. The minimum absolute atomic E-state index is 0. The van der Waals surface area contributed by atoms with Crippen LogP contribution in [0.3, 0.4) is 0 Å². The molecule has 0 heterocycles.